The highest BCUT2D eigenvalue weighted by Gasteiger charge is 2.28. The predicted molar refractivity (Wildman–Crippen MR) is 94.5 cm³/mol. The second-order valence-electron chi connectivity index (χ2n) is 5.44. The molecule has 0 fully saturated rings. The van der Waals surface area contributed by atoms with Crippen LogP contribution >= 0.6 is 11.8 Å². The Balaban J connectivity index is 2.18. The minimum atomic E-state index is -0.721. The highest BCUT2D eigenvalue weighted by molar-refractivity contribution is 7.99. The van der Waals surface area contributed by atoms with Crippen LogP contribution in [0.2, 0.25) is 0 Å². The zero-order valence-electron chi connectivity index (χ0n) is 15.2. The molecule has 140 valence electrons. The number of aryl methyl sites for hydroxylation is 2. The Labute approximate surface area is 154 Å². The second-order valence-corrected chi connectivity index (χ2v) is 6.38. The summed E-state index contributed by atoms with van der Waals surface area (Å²) in [5, 5.41) is 11.0. The molecule has 0 radical (unpaired) electrons. The van der Waals surface area contributed by atoms with Crippen molar-refractivity contribution in [1.29, 1.82) is 0 Å². The van der Waals surface area contributed by atoms with Crippen molar-refractivity contribution in [3.05, 3.63) is 22.7 Å². The lowest BCUT2D eigenvalue weighted by Gasteiger charge is -2.06. The van der Waals surface area contributed by atoms with Crippen molar-refractivity contribution in [3.63, 3.8) is 0 Å². The first kappa shape index (κ1) is 19.7. The Bertz CT molecular complexity index is 855. The Morgan fingerprint density at radius 1 is 1.23 bits per heavy atom. The van der Waals surface area contributed by atoms with Crippen LogP contribution in [0, 0.1) is 13.8 Å². The summed E-state index contributed by atoms with van der Waals surface area (Å²) in [4.78, 5) is 36.3. The Hall–Kier alpha value is -2.62. The average Bonchev–Trinajstić information content (AvgIpc) is 3.06. The number of esters is 1. The number of ketones is 1. The van der Waals surface area contributed by atoms with Gasteiger partial charge in [0.2, 0.25) is 11.8 Å². The number of thioether (sulfide) groups is 1. The number of hydrogen-bond donors (Lipinski definition) is 1. The zero-order valence-corrected chi connectivity index (χ0v) is 16.0. The first-order valence-electron chi connectivity index (χ1n) is 7.86. The molecule has 0 aromatic carbocycles. The number of ether oxygens (including phenoxy) is 1. The number of nitrogens with zero attached hydrogens (tertiary/aromatic N) is 3. The molecule has 0 aliphatic heterocycles. The number of nitrogens with one attached hydrogen (secondary N) is 1. The maximum absolute atomic E-state index is 12.2. The van der Waals surface area contributed by atoms with E-state index < -0.39 is 11.9 Å². The smallest absolute Gasteiger partial charge is 0.344 e. The van der Waals surface area contributed by atoms with Gasteiger partial charge < -0.3 is 13.7 Å². The Kier molecular flexibility index (Phi) is 6.19. The maximum Gasteiger partial charge on any atom is 0.344 e. The normalized spacial score (nSPS) is 10.7. The lowest BCUT2D eigenvalue weighted by atomic mass is 10.1. The zero-order chi connectivity index (χ0) is 19.4. The van der Waals surface area contributed by atoms with Gasteiger partial charge in [0.15, 0.2) is 10.9 Å². The monoisotopic (exact) mass is 380 g/mol. The molecule has 9 nitrogen and oxygen atoms in total. The molecule has 0 bridgehead atoms. The van der Waals surface area contributed by atoms with Gasteiger partial charge in [-0.25, -0.2) is 4.79 Å². The van der Waals surface area contributed by atoms with Crippen LogP contribution in [0.1, 0.15) is 46.1 Å². The molecule has 1 amide bonds. The van der Waals surface area contributed by atoms with E-state index in [1.54, 1.807) is 32.4 Å². The highest BCUT2D eigenvalue weighted by Crippen LogP contribution is 2.29. The van der Waals surface area contributed by atoms with Crippen molar-refractivity contribution in [1.82, 2.24) is 14.8 Å². The van der Waals surface area contributed by atoms with Gasteiger partial charge in [-0.15, -0.1) is 10.2 Å². The van der Waals surface area contributed by atoms with Gasteiger partial charge in [-0.3, -0.25) is 14.9 Å². The van der Waals surface area contributed by atoms with Crippen LogP contribution in [-0.2, 0) is 16.6 Å². The van der Waals surface area contributed by atoms with Gasteiger partial charge in [-0.05, 0) is 27.7 Å². The molecule has 1 N–H and O–H groups in total. The molecule has 0 spiro atoms. The lowest BCUT2D eigenvalue weighted by molar-refractivity contribution is -0.113. The summed E-state index contributed by atoms with van der Waals surface area (Å²) >= 11 is 1.19. The summed E-state index contributed by atoms with van der Waals surface area (Å²) < 4.78 is 12.2. The highest BCUT2D eigenvalue weighted by atomic mass is 32.2. The largest absolute Gasteiger partial charge is 0.462 e. The number of amides is 1. The van der Waals surface area contributed by atoms with Gasteiger partial charge in [0, 0.05) is 7.05 Å². The third-order valence-corrected chi connectivity index (χ3v) is 4.57. The molecular weight excluding hydrogens is 360 g/mol. The molecule has 0 aliphatic carbocycles. The first-order chi connectivity index (χ1) is 12.3. The van der Waals surface area contributed by atoms with Crippen LogP contribution < -0.4 is 5.32 Å². The summed E-state index contributed by atoms with van der Waals surface area (Å²) in [5.74, 6) is -0.572. The van der Waals surface area contributed by atoms with Crippen LogP contribution in [0.4, 0.5) is 5.88 Å². The molecule has 2 heterocycles. The third kappa shape index (κ3) is 4.13. The molecule has 0 aliphatic rings. The maximum atomic E-state index is 12.2. The molecule has 0 saturated carbocycles. The average molecular weight is 380 g/mol. The number of hydrogen-bond acceptors (Lipinski definition) is 8. The van der Waals surface area contributed by atoms with E-state index in [1.165, 1.54) is 18.7 Å². The van der Waals surface area contributed by atoms with E-state index in [9.17, 15) is 14.4 Å². The number of anilines is 1. The van der Waals surface area contributed by atoms with E-state index in [1.807, 2.05) is 0 Å². The first-order valence-corrected chi connectivity index (χ1v) is 8.84. The molecule has 26 heavy (non-hydrogen) atoms. The summed E-state index contributed by atoms with van der Waals surface area (Å²) in [6, 6.07) is 0. The van der Waals surface area contributed by atoms with Crippen molar-refractivity contribution in [3.8, 4) is 0 Å². The summed E-state index contributed by atoms with van der Waals surface area (Å²) in [6.45, 7) is 6.45. The van der Waals surface area contributed by atoms with Gasteiger partial charge in [-0.2, -0.15) is 0 Å². The fraction of sp³-hybridized carbons (Fsp3) is 0.438. The van der Waals surface area contributed by atoms with E-state index in [0.717, 1.165) is 5.82 Å². The Morgan fingerprint density at radius 2 is 1.92 bits per heavy atom. The lowest BCUT2D eigenvalue weighted by Crippen LogP contribution is -2.18. The van der Waals surface area contributed by atoms with Gasteiger partial charge in [-0.1, -0.05) is 11.8 Å². The van der Waals surface area contributed by atoms with Crippen LogP contribution in [0.25, 0.3) is 0 Å². The molecule has 0 atom stereocenters. The van der Waals surface area contributed by atoms with Crippen LogP contribution in [0.3, 0.4) is 0 Å². The van der Waals surface area contributed by atoms with E-state index in [0.29, 0.717) is 5.16 Å². The van der Waals surface area contributed by atoms with Gasteiger partial charge >= 0.3 is 5.97 Å². The van der Waals surface area contributed by atoms with Gasteiger partial charge in [0.1, 0.15) is 17.1 Å². The predicted octanol–water partition coefficient (Wildman–Crippen LogP) is 2.14. The minimum absolute atomic E-state index is 0.0311. The van der Waals surface area contributed by atoms with Crippen molar-refractivity contribution in [2.75, 3.05) is 17.7 Å². The standard InChI is InChI=1S/C16H20N4O5S/c1-6-24-15(23)13-12(8(2)21)9(3)25-14(13)17-11(22)7-26-16-19-18-10(4)20(16)5/h6-7H2,1-5H3,(H,17,22). The van der Waals surface area contributed by atoms with Crippen molar-refractivity contribution >= 4 is 35.3 Å². The number of Topliss-reactive ketones (excluding diaryl/α,β-unsaturated/α-hetero) is 1. The van der Waals surface area contributed by atoms with Crippen molar-refractivity contribution < 1.29 is 23.5 Å². The summed E-state index contributed by atoms with van der Waals surface area (Å²) in [7, 11) is 1.80. The second kappa shape index (κ2) is 8.17. The van der Waals surface area contributed by atoms with E-state index >= 15 is 0 Å². The Morgan fingerprint density at radius 3 is 2.46 bits per heavy atom. The third-order valence-electron chi connectivity index (χ3n) is 3.55. The quantitative estimate of drug-likeness (QED) is 0.441. The molecule has 0 unspecified atom stereocenters. The van der Waals surface area contributed by atoms with Gasteiger partial charge in [0.25, 0.3) is 0 Å². The SMILES string of the molecule is CCOC(=O)c1c(NC(=O)CSc2nnc(C)n2C)oc(C)c1C(C)=O. The van der Waals surface area contributed by atoms with E-state index in [4.69, 9.17) is 9.15 Å². The number of rotatable bonds is 7. The summed E-state index contributed by atoms with van der Waals surface area (Å²) in [5.41, 5.74) is 0.0417. The molecule has 10 heteroatoms. The molecular formula is C16H20N4O5S. The molecule has 2 rings (SSSR count). The van der Waals surface area contributed by atoms with Gasteiger partial charge in [0.05, 0.1) is 17.9 Å². The van der Waals surface area contributed by atoms with Crippen LogP contribution in [0.15, 0.2) is 9.57 Å². The fourth-order valence-corrected chi connectivity index (χ4v) is 3.02. The van der Waals surface area contributed by atoms with Crippen molar-refractivity contribution in [2.24, 2.45) is 7.05 Å². The number of furan rings is 1. The fourth-order valence-electron chi connectivity index (χ4n) is 2.26. The minimum Gasteiger partial charge on any atom is -0.462 e. The van der Waals surface area contributed by atoms with E-state index in [-0.39, 0.29) is 40.9 Å². The van der Waals surface area contributed by atoms with Crippen molar-refractivity contribution in [2.45, 2.75) is 32.9 Å². The number of carbonyl (C=O) groups excluding carboxylic acids is 3. The van der Waals surface area contributed by atoms with Crippen LogP contribution in [0.5, 0.6) is 0 Å². The molecule has 2 aromatic rings. The summed E-state index contributed by atoms with van der Waals surface area (Å²) in [6.07, 6.45) is 0. The number of aromatic nitrogens is 3. The topological polar surface area (TPSA) is 116 Å². The number of carbonyl (C=O) groups is 3. The molecule has 2 aromatic heterocycles. The van der Waals surface area contributed by atoms with Crippen LogP contribution in [-0.4, -0.2) is 44.8 Å². The molecule has 0 saturated heterocycles. The van der Waals surface area contributed by atoms with E-state index in [2.05, 4.69) is 15.5 Å².